The van der Waals surface area contributed by atoms with Gasteiger partial charge in [-0.2, -0.15) is 0 Å². The predicted octanol–water partition coefficient (Wildman–Crippen LogP) is 1.67. The topological polar surface area (TPSA) is 64.6 Å². The fourth-order valence-corrected chi connectivity index (χ4v) is 2.67. The number of carbonyl (C=O) groups is 1. The van der Waals surface area contributed by atoms with E-state index >= 15 is 0 Å². The molecule has 0 atom stereocenters. The van der Waals surface area contributed by atoms with Crippen LogP contribution < -0.4 is 10.2 Å². The maximum Gasteiger partial charge on any atom is 0.274 e. The molecule has 7 heteroatoms. The number of nitrogens with one attached hydrogen (secondary N) is 1. The van der Waals surface area contributed by atoms with Gasteiger partial charge in [0.1, 0.15) is 11.5 Å². The number of nitrogens with zero attached hydrogens (tertiary/aromatic N) is 5. The van der Waals surface area contributed by atoms with E-state index in [0.29, 0.717) is 11.5 Å². The Morgan fingerprint density at radius 3 is 2.28 bits per heavy atom. The largest absolute Gasteiger partial charge is 0.378 e. The van der Waals surface area contributed by atoms with E-state index in [1.165, 1.54) is 6.20 Å². The van der Waals surface area contributed by atoms with Crippen molar-refractivity contribution in [2.75, 3.05) is 57.5 Å². The first-order valence-corrected chi connectivity index (χ1v) is 8.37. The molecule has 7 nitrogen and oxygen atoms in total. The highest BCUT2D eigenvalue weighted by Gasteiger charge is 2.21. The molecule has 0 saturated carbocycles. The fraction of sp³-hybridized carbons (Fsp3) is 0.389. The first kappa shape index (κ1) is 17.2. The van der Waals surface area contributed by atoms with Gasteiger partial charge in [0.15, 0.2) is 0 Å². The lowest BCUT2D eigenvalue weighted by Gasteiger charge is -2.32. The van der Waals surface area contributed by atoms with E-state index < -0.39 is 0 Å². The predicted molar refractivity (Wildman–Crippen MR) is 99.5 cm³/mol. The van der Waals surface area contributed by atoms with Gasteiger partial charge in [-0.15, -0.1) is 0 Å². The number of piperazine rings is 1. The first-order chi connectivity index (χ1) is 12.0. The summed E-state index contributed by atoms with van der Waals surface area (Å²) in [5.41, 5.74) is 2.45. The summed E-state index contributed by atoms with van der Waals surface area (Å²) in [6, 6.07) is 8.03. The maximum atomic E-state index is 12.5. The van der Waals surface area contributed by atoms with Gasteiger partial charge in [-0.05, 0) is 31.3 Å². The summed E-state index contributed by atoms with van der Waals surface area (Å²) in [6.45, 7) is 3.24. The van der Waals surface area contributed by atoms with E-state index in [1.54, 1.807) is 6.20 Å². The van der Waals surface area contributed by atoms with Gasteiger partial charge in [-0.3, -0.25) is 4.79 Å². The number of likely N-dealkylation sites (N-methyl/N-ethyl adjacent to an activating group) is 1. The Morgan fingerprint density at radius 1 is 1.04 bits per heavy atom. The normalized spacial score (nSPS) is 15.1. The molecule has 1 aromatic heterocycles. The van der Waals surface area contributed by atoms with Crippen LogP contribution in [0.1, 0.15) is 10.5 Å². The van der Waals surface area contributed by atoms with E-state index in [0.717, 1.165) is 37.6 Å². The van der Waals surface area contributed by atoms with Crippen molar-refractivity contribution >= 4 is 23.1 Å². The number of hydrogen-bond donors (Lipinski definition) is 1. The number of amides is 1. The Labute approximate surface area is 148 Å². The average molecular weight is 340 g/mol. The van der Waals surface area contributed by atoms with Gasteiger partial charge in [-0.25, -0.2) is 9.97 Å². The molecule has 0 radical (unpaired) electrons. The lowest BCUT2D eigenvalue weighted by molar-refractivity contribution is 0.0658. The molecule has 1 aliphatic heterocycles. The molecule has 1 aliphatic rings. The fourth-order valence-electron chi connectivity index (χ4n) is 2.67. The monoisotopic (exact) mass is 340 g/mol. The standard InChI is InChI=1S/C18H24N6O/c1-22(2)15-6-4-14(5-7-15)21-17-13-19-16(12-20-17)18(25)24-10-8-23(3)9-11-24/h4-7,12-13H,8-11H2,1-3H3,(H,20,21). The van der Waals surface area contributed by atoms with Crippen molar-refractivity contribution in [1.82, 2.24) is 19.8 Å². The number of aromatic nitrogens is 2. The van der Waals surface area contributed by atoms with Gasteiger partial charge < -0.3 is 20.0 Å². The second-order valence-corrected chi connectivity index (χ2v) is 6.45. The quantitative estimate of drug-likeness (QED) is 0.913. The summed E-state index contributed by atoms with van der Waals surface area (Å²) in [5.74, 6) is 0.565. The second-order valence-electron chi connectivity index (χ2n) is 6.45. The molecular weight excluding hydrogens is 316 g/mol. The SMILES string of the molecule is CN1CCN(C(=O)c2cnc(Nc3ccc(N(C)C)cc3)cn2)CC1. The third-order valence-corrected chi connectivity index (χ3v) is 4.32. The summed E-state index contributed by atoms with van der Waals surface area (Å²) in [5, 5.41) is 3.20. The van der Waals surface area contributed by atoms with Crippen molar-refractivity contribution < 1.29 is 4.79 Å². The third-order valence-electron chi connectivity index (χ3n) is 4.32. The summed E-state index contributed by atoms with van der Waals surface area (Å²) < 4.78 is 0. The van der Waals surface area contributed by atoms with Crippen molar-refractivity contribution in [3.8, 4) is 0 Å². The molecule has 1 aromatic carbocycles. The lowest BCUT2D eigenvalue weighted by Crippen LogP contribution is -2.47. The Morgan fingerprint density at radius 2 is 1.72 bits per heavy atom. The van der Waals surface area contributed by atoms with Crippen LogP contribution in [0.15, 0.2) is 36.7 Å². The molecular formula is C18H24N6O. The molecule has 1 amide bonds. The van der Waals surface area contributed by atoms with Crippen molar-refractivity contribution in [2.45, 2.75) is 0 Å². The highest BCUT2D eigenvalue weighted by molar-refractivity contribution is 5.92. The van der Waals surface area contributed by atoms with Gasteiger partial charge in [0.2, 0.25) is 0 Å². The van der Waals surface area contributed by atoms with Crippen LogP contribution in [0.4, 0.5) is 17.2 Å². The van der Waals surface area contributed by atoms with Gasteiger partial charge >= 0.3 is 0 Å². The molecule has 2 heterocycles. The van der Waals surface area contributed by atoms with Crippen molar-refractivity contribution in [1.29, 1.82) is 0 Å². The molecule has 1 fully saturated rings. The Bertz CT molecular complexity index is 705. The van der Waals surface area contributed by atoms with Crippen LogP contribution in [0.25, 0.3) is 0 Å². The summed E-state index contributed by atoms with van der Waals surface area (Å²) in [6.07, 6.45) is 3.14. The van der Waals surface area contributed by atoms with Crippen molar-refractivity contribution in [2.24, 2.45) is 0 Å². The summed E-state index contributed by atoms with van der Waals surface area (Å²) >= 11 is 0. The second kappa shape index (κ2) is 7.48. The van der Waals surface area contributed by atoms with Gasteiger partial charge in [0.05, 0.1) is 12.4 Å². The highest BCUT2D eigenvalue weighted by Crippen LogP contribution is 2.18. The number of hydrogen-bond acceptors (Lipinski definition) is 6. The molecule has 0 unspecified atom stereocenters. The molecule has 1 N–H and O–H groups in total. The molecule has 1 saturated heterocycles. The van der Waals surface area contributed by atoms with Crippen LogP contribution in [0.3, 0.4) is 0 Å². The van der Waals surface area contributed by atoms with Gasteiger partial charge in [0.25, 0.3) is 5.91 Å². The highest BCUT2D eigenvalue weighted by atomic mass is 16.2. The molecule has 2 aromatic rings. The minimum absolute atomic E-state index is 0.0533. The minimum Gasteiger partial charge on any atom is -0.378 e. The summed E-state index contributed by atoms with van der Waals surface area (Å²) in [4.78, 5) is 27.1. The zero-order chi connectivity index (χ0) is 17.8. The Kier molecular flexibility index (Phi) is 5.14. The van der Waals surface area contributed by atoms with Crippen LogP contribution in [0.5, 0.6) is 0 Å². The molecule has 0 spiro atoms. The number of anilines is 3. The van der Waals surface area contributed by atoms with E-state index in [9.17, 15) is 4.79 Å². The zero-order valence-corrected chi connectivity index (χ0v) is 14.9. The van der Waals surface area contributed by atoms with Crippen LogP contribution in [0.2, 0.25) is 0 Å². The molecule has 0 bridgehead atoms. The van der Waals surface area contributed by atoms with Crippen LogP contribution in [-0.2, 0) is 0 Å². The van der Waals surface area contributed by atoms with E-state index in [2.05, 4.69) is 27.2 Å². The van der Waals surface area contributed by atoms with Crippen molar-refractivity contribution in [3.05, 3.63) is 42.4 Å². The van der Waals surface area contributed by atoms with Crippen LogP contribution in [-0.4, -0.2) is 73.0 Å². The number of carbonyl (C=O) groups excluding carboxylic acids is 1. The number of benzene rings is 1. The third kappa shape index (κ3) is 4.24. The van der Waals surface area contributed by atoms with E-state index in [4.69, 9.17) is 0 Å². The average Bonchev–Trinajstić information content (AvgIpc) is 2.63. The van der Waals surface area contributed by atoms with Crippen LogP contribution >= 0.6 is 0 Å². The zero-order valence-electron chi connectivity index (χ0n) is 14.9. The molecule has 132 valence electrons. The molecule has 3 rings (SSSR count). The Balaban J connectivity index is 1.62. The van der Waals surface area contributed by atoms with Crippen molar-refractivity contribution in [3.63, 3.8) is 0 Å². The van der Waals surface area contributed by atoms with Gasteiger partial charge in [0, 0.05) is 51.6 Å². The summed E-state index contributed by atoms with van der Waals surface area (Å²) in [7, 11) is 6.07. The minimum atomic E-state index is -0.0533. The maximum absolute atomic E-state index is 12.5. The van der Waals surface area contributed by atoms with Gasteiger partial charge in [-0.1, -0.05) is 0 Å². The molecule has 0 aliphatic carbocycles. The van der Waals surface area contributed by atoms with E-state index in [1.807, 2.05) is 48.2 Å². The van der Waals surface area contributed by atoms with E-state index in [-0.39, 0.29) is 5.91 Å². The first-order valence-electron chi connectivity index (χ1n) is 8.37. The number of rotatable bonds is 4. The smallest absolute Gasteiger partial charge is 0.274 e. The lowest BCUT2D eigenvalue weighted by atomic mass is 10.2. The Hall–Kier alpha value is -2.67. The van der Waals surface area contributed by atoms with Crippen LogP contribution in [0, 0.1) is 0 Å². The molecule has 25 heavy (non-hydrogen) atoms.